The molecule has 3 unspecified atom stereocenters. The summed E-state index contributed by atoms with van der Waals surface area (Å²) in [6.07, 6.45) is -0.692. The van der Waals surface area contributed by atoms with Crippen molar-refractivity contribution in [3.05, 3.63) is 12.7 Å². The number of phosphoric ester groups is 1. The number of anilines is 1. The van der Waals surface area contributed by atoms with Gasteiger partial charge >= 0.3 is 7.82 Å². The maximum atomic E-state index is 11.7. The van der Waals surface area contributed by atoms with E-state index >= 15 is 0 Å². The fourth-order valence-electron chi connectivity index (χ4n) is 2.85. The maximum absolute atomic E-state index is 11.7. The van der Waals surface area contributed by atoms with Crippen LogP contribution in [0.15, 0.2) is 17.8 Å². The molecule has 0 amide bonds. The molecule has 128 valence electrons. The summed E-state index contributed by atoms with van der Waals surface area (Å²) in [6, 6.07) is 0. The Balaban J connectivity index is 1.76. The number of rotatable bonds is 4. The highest BCUT2D eigenvalue weighted by atomic mass is 31.2. The van der Waals surface area contributed by atoms with Crippen molar-refractivity contribution < 1.29 is 28.3 Å². The molecule has 3 N–H and O–H groups in total. The average Bonchev–Trinajstić information content (AvgIpc) is 3.18. The molecule has 0 aromatic carbocycles. The molecule has 12 nitrogen and oxygen atoms in total. The molecule has 2 saturated heterocycles. The number of aliphatic hydroxyl groups is 1. The van der Waals surface area contributed by atoms with Crippen LogP contribution < -0.4 is 5.43 Å². The summed E-state index contributed by atoms with van der Waals surface area (Å²) in [6.45, 7) is 2.93. The van der Waals surface area contributed by atoms with Crippen molar-refractivity contribution >= 4 is 31.5 Å². The average molecular weight is 356 g/mol. The number of nitrogens with one attached hydrogen (secondary N) is 1. The summed E-state index contributed by atoms with van der Waals surface area (Å²) in [5.74, 6) is 0.346. The number of hydrogen-bond donors (Lipinski definition) is 3. The molecule has 4 rings (SSSR count). The second-order valence-electron chi connectivity index (χ2n) is 5.17. The second-order valence-corrected chi connectivity index (χ2v) is 6.53. The van der Waals surface area contributed by atoms with E-state index in [0.717, 1.165) is 0 Å². The lowest BCUT2D eigenvalue weighted by atomic mass is 10.1. The van der Waals surface area contributed by atoms with Gasteiger partial charge in [-0.1, -0.05) is 0 Å². The van der Waals surface area contributed by atoms with Crippen LogP contribution in [-0.2, 0) is 18.3 Å². The first-order chi connectivity index (χ1) is 11.5. The van der Waals surface area contributed by atoms with E-state index in [9.17, 15) is 14.6 Å². The number of aromatic nitrogens is 4. The zero-order valence-corrected chi connectivity index (χ0v) is 13.0. The monoisotopic (exact) mass is 356 g/mol. The van der Waals surface area contributed by atoms with Crippen molar-refractivity contribution in [2.75, 3.05) is 12.0 Å². The van der Waals surface area contributed by atoms with Gasteiger partial charge in [-0.15, -0.1) is 0 Å². The van der Waals surface area contributed by atoms with Crippen LogP contribution in [0.1, 0.15) is 6.23 Å². The third-order valence-electron chi connectivity index (χ3n) is 3.79. The van der Waals surface area contributed by atoms with E-state index < -0.39 is 39.0 Å². The summed E-state index contributed by atoms with van der Waals surface area (Å²) in [5, 5.41) is 13.0. The van der Waals surface area contributed by atoms with Gasteiger partial charge < -0.3 is 14.7 Å². The molecule has 2 aliphatic rings. The van der Waals surface area contributed by atoms with Crippen molar-refractivity contribution in [2.45, 2.75) is 24.5 Å². The minimum absolute atomic E-state index is 0.346. The molecule has 0 radical (unpaired) electrons. The summed E-state index contributed by atoms with van der Waals surface area (Å²) < 4.78 is 29.0. The van der Waals surface area contributed by atoms with Gasteiger partial charge in [0.05, 0.1) is 12.9 Å². The molecular weight excluding hydrogens is 343 g/mol. The van der Waals surface area contributed by atoms with Crippen LogP contribution in [0.3, 0.4) is 0 Å². The summed E-state index contributed by atoms with van der Waals surface area (Å²) >= 11 is 0. The third-order valence-corrected chi connectivity index (χ3v) is 4.81. The predicted octanol–water partition coefficient (Wildman–Crippen LogP) is -0.372. The molecule has 2 fully saturated rings. The first kappa shape index (κ1) is 15.6. The molecule has 0 aliphatic carbocycles. The molecule has 0 spiro atoms. The largest absolute Gasteiger partial charge is 0.473 e. The van der Waals surface area contributed by atoms with E-state index in [1.54, 1.807) is 0 Å². The number of ether oxygens (including phenoxy) is 1. The van der Waals surface area contributed by atoms with E-state index in [4.69, 9.17) is 13.8 Å². The standard InChI is InChI=1S/C11H13N6O6P/c1-12-16-9-6-10(14-3-13-9)17(4-15-6)11-8-7(5(2-18)21-11)22-24(19,20)23-8/h3-5,7-8,11,18H,1-2H2,(H,19,20)(H,13,14,16)/t5-,7?,8?,11-/m1/s1. The Morgan fingerprint density at radius 1 is 1.38 bits per heavy atom. The first-order valence-electron chi connectivity index (χ1n) is 6.89. The molecule has 2 aromatic heterocycles. The van der Waals surface area contributed by atoms with Gasteiger partial charge in [0.2, 0.25) is 0 Å². The van der Waals surface area contributed by atoms with Crippen LogP contribution in [0.5, 0.6) is 0 Å². The molecule has 2 aromatic rings. The highest BCUT2D eigenvalue weighted by molar-refractivity contribution is 7.47. The van der Waals surface area contributed by atoms with Crippen LogP contribution in [-0.4, -0.2) is 61.2 Å². The zero-order chi connectivity index (χ0) is 16.9. The highest BCUT2D eigenvalue weighted by Gasteiger charge is 2.57. The Morgan fingerprint density at radius 3 is 2.92 bits per heavy atom. The molecule has 24 heavy (non-hydrogen) atoms. The predicted molar refractivity (Wildman–Crippen MR) is 79.1 cm³/mol. The Bertz CT molecular complexity index is 844. The van der Waals surface area contributed by atoms with Gasteiger partial charge in [0, 0.05) is 6.72 Å². The summed E-state index contributed by atoms with van der Waals surface area (Å²) in [4.78, 5) is 21.9. The zero-order valence-electron chi connectivity index (χ0n) is 12.1. The van der Waals surface area contributed by atoms with Gasteiger partial charge in [-0.25, -0.2) is 19.5 Å². The molecule has 0 saturated carbocycles. The Labute approximate surface area is 134 Å². The first-order valence-corrected chi connectivity index (χ1v) is 8.39. The summed E-state index contributed by atoms with van der Waals surface area (Å²) in [7, 11) is -4.18. The number of hydrogen-bond acceptors (Lipinski definition) is 10. The van der Waals surface area contributed by atoms with Gasteiger partial charge in [0.25, 0.3) is 0 Å². The number of aliphatic hydroxyl groups excluding tert-OH is 1. The topological polar surface area (TPSA) is 153 Å². The Kier molecular flexibility index (Phi) is 3.60. The summed E-state index contributed by atoms with van der Waals surface area (Å²) in [5.41, 5.74) is 3.40. The molecule has 2 aliphatic heterocycles. The van der Waals surface area contributed by atoms with Gasteiger partial charge in [-0.05, 0) is 0 Å². The quantitative estimate of drug-likeness (QED) is 0.375. The van der Waals surface area contributed by atoms with Gasteiger partial charge in [-0.2, -0.15) is 5.10 Å². The van der Waals surface area contributed by atoms with Gasteiger partial charge in [-0.3, -0.25) is 19.0 Å². The highest BCUT2D eigenvalue weighted by Crippen LogP contribution is 2.58. The van der Waals surface area contributed by atoms with Crippen LogP contribution in [0.4, 0.5) is 5.82 Å². The van der Waals surface area contributed by atoms with Crippen molar-refractivity contribution in [1.29, 1.82) is 0 Å². The lowest BCUT2D eigenvalue weighted by molar-refractivity contribution is -0.0589. The normalized spacial score (nSPS) is 35.2. The molecular formula is C11H13N6O6P. The number of imidazole rings is 1. The van der Waals surface area contributed by atoms with Gasteiger partial charge in [0.15, 0.2) is 23.2 Å². The van der Waals surface area contributed by atoms with Crippen LogP contribution >= 0.6 is 7.82 Å². The van der Waals surface area contributed by atoms with Crippen molar-refractivity contribution in [3.63, 3.8) is 0 Å². The van der Waals surface area contributed by atoms with Crippen LogP contribution in [0.2, 0.25) is 0 Å². The van der Waals surface area contributed by atoms with E-state index in [1.165, 1.54) is 17.2 Å². The Morgan fingerprint density at radius 2 is 2.17 bits per heavy atom. The number of nitrogens with zero attached hydrogens (tertiary/aromatic N) is 5. The van der Waals surface area contributed by atoms with Gasteiger partial charge in [0.1, 0.15) is 24.6 Å². The fraction of sp³-hybridized carbons (Fsp3) is 0.455. The second kappa shape index (κ2) is 5.55. The number of phosphoric acid groups is 1. The van der Waals surface area contributed by atoms with E-state index in [2.05, 4.69) is 32.2 Å². The smallest absolute Gasteiger partial charge is 0.394 e. The van der Waals surface area contributed by atoms with E-state index in [1.807, 2.05) is 0 Å². The Hall–Kier alpha value is -1.95. The van der Waals surface area contributed by atoms with Crippen LogP contribution in [0, 0.1) is 0 Å². The van der Waals surface area contributed by atoms with Crippen LogP contribution in [0.25, 0.3) is 11.2 Å². The van der Waals surface area contributed by atoms with Crippen molar-refractivity contribution in [3.8, 4) is 0 Å². The number of hydrazone groups is 1. The molecule has 13 heteroatoms. The van der Waals surface area contributed by atoms with E-state index in [0.29, 0.717) is 17.0 Å². The minimum atomic E-state index is -4.18. The molecule has 4 heterocycles. The van der Waals surface area contributed by atoms with Crippen molar-refractivity contribution in [2.24, 2.45) is 5.10 Å². The lowest BCUT2D eigenvalue weighted by Gasteiger charge is -2.18. The maximum Gasteiger partial charge on any atom is 0.473 e. The number of fused-ring (bicyclic) bond motifs is 2. The molecule has 0 bridgehead atoms. The lowest BCUT2D eigenvalue weighted by Crippen LogP contribution is -2.30. The third kappa shape index (κ3) is 2.32. The minimum Gasteiger partial charge on any atom is -0.394 e. The fourth-order valence-corrected chi connectivity index (χ4v) is 3.99. The SMILES string of the molecule is C=NNc1ncnc2c1ncn2[C@@H]1O[C@H](CO)C2OP(=O)(O)OC21. The van der Waals surface area contributed by atoms with Crippen molar-refractivity contribution in [1.82, 2.24) is 19.5 Å². The molecule has 5 atom stereocenters. The van der Waals surface area contributed by atoms with E-state index in [-0.39, 0.29) is 0 Å².